The first-order valence-electron chi connectivity index (χ1n) is 9.51. The van der Waals surface area contributed by atoms with E-state index < -0.39 is 6.61 Å². The van der Waals surface area contributed by atoms with Gasteiger partial charge in [0.1, 0.15) is 5.75 Å². The SMILES string of the molecule is Cc1ccc(N(CCC#N)C(=O)CSc2nnc(-c3ccc(OC(F)F)cc3)n2N)cc1. The first-order valence-corrected chi connectivity index (χ1v) is 10.5. The standard InChI is InChI=1S/C21H20F2N6O2S/c1-14-3-7-16(8-4-14)28(12-2-11-24)18(30)13-32-21-27-26-19(29(21)25)15-5-9-17(10-6-15)31-20(22)23/h3-10,20H,2,12-13,25H2,1H3. The Labute approximate surface area is 187 Å². The number of nitriles is 1. The number of halogens is 2. The number of rotatable bonds is 9. The molecule has 0 unspecified atom stereocenters. The molecule has 0 bridgehead atoms. The van der Waals surface area contributed by atoms with Crippen molar-refractivity contribution in [3.8, 4) is 23.2 Å². The number of ether oxygens (including phenoxy) is 1. The van der Waals surface area contributed by atoms with Gasteiger partial charge in [-0.25, -0.2) is 4.68 Å². The Hall–Kier alpha value is -3.65. The molecule has 3 rings (SSSR count). The summed E-state index contributed by atoms with van der Waals surface area (Å²) in [6.45, 7) is -0.689. The third kappa shape index (κ3) is 5.73. The zero-order valence-electron chi connectivity index (χ0n) is 17.1. The van der Waals surface area contributed by atoms with Gasteiger partial charge in [0.15, 0.2) is 5.82 Å². The minimum absolute atomic E-state index is 0.0144. The maximum Gasteiger partial charge on any atom is 0.387 e. The van der Waals surface area contributed by atoms with Gasteiger partial charge in [0, 0.05) is 17.8 Å². The summed E-state index contributed by atoms with van der Waals surface area (Å²) in [5.41, 5.74) is 2.32. The van der Waals surface area contributed by atoms with E-state index in [2.05, 4.69) is 21.0 Å². The predicted molar refractivity (Wildman–Crippen MR) is 117 cm³/mol. The van der Waals surface area contributed by atoms with E-state index in [0.717, 1.165) is 17.3 Å². The molecule has 3 aromatic rings. The van der Waals surface area contributed by atoms with Gasteiger partial charge in [-0.15, -0.1) is 10.2 Å². The lowest BCUT2D eigenvalue weighted by molar-refractivity contribution is -0.116. The Morgan fingerprint density at radius 3 is 2.53 bits per heavy atom. The van der Waals surface area contributed by atoms with Gasteiger partial charge in [-0.2, -0.15) is 14.0 Å². The molecule has 166 valence electrons. The van der Waals surface area contributed by atoms with Gasteiger partial charge >= 0.3 is 6.61 Å². The molecule has 11 heteroatoms. The Bertz CT molecular complexity index is 1100. The summed E-state index contributed by atoms with van der Waals surface area (Å²) in [6, 6.07) is 15.3. The molecule has 0 aliphatic rings. The zero-order chi connectivity index (χ0) is 23.1. The number of amides is 1. The lowest BCUT2D eigenvalue weighted by atomic mass is 10.2. The molecule has 0 aliphatic carbocycles. The van der Waals surface area contributed by atoms with Crippen molar-refractivity contribution in [3.63, 3.8) is 0 Å². The van der Waals surface area contributed by atoms with Gasteiger partial charge in [0.25, 0.3) is 0 Å². The van der Waals surface area contributed by atoms with Crippen molar-refractivity contribution in [2.45, 2.75) is 25.1 Å². The molecule has 0 saturated carbocycles. The van der Waals surface area contributed by atoms with E-state index in [1.54, 1.807) is 4.90 Å². The van der Waals surface area contributed by atoms with Crippen molar-refractivity contribution >= 4 is 23.4 Å². The van der Waals surface area contributed by atoms with Gasteiger partial charge in [0.2, 0.25) is 11.1 Å². The Kier molecular flexibility index (Phi) is 7.62. The Morgan fingerprint density at radius 2 is 1.91 bits per heavy atom. The molecule has 1 heterocycles. The van der Waals surface area contributed by atoms with Crippen LogP contribution in [0.15, 0.2) is 53.7 Å². The van der Waals surface area contributed by atoms with Crippen LogP contribution in [0.3, 0.4) is 0 Å². The van der Waals surface area contributed by atoms with E-state index in [1.807, 2.05) is 31.2 Å². The van der Waals surface area contributed by atoms with Gasteiger partial charge in [-0.3, -0.25) is 4.79 Å². The van der Waals surface area contributed by atoms with Crippen molar-refractivity contribution < 1.29 is 18.3 Å². The van der Waals surface area contributed by atoms with Crippen LogP contribution in [0, 0.1) is 18.3 Å². The highest BCUT2D eigenvalue weighted by Gasteiger charge is 2.19. The maximum atomic E-state index is 12.8. The Balaban J connectivity index is 1.69. The molecule has 0 radical (unpaired) electrons. The second kappa shape index (κ2) is 10.6. The van der Waals surface area contributed by atoms with Gasteiger partial charge < -0.3 is 15.5 Å². The molecule has 0 saturated heterocycles. The van der Waals surface area contributed by atoms with Crippen molar-refractivity contribution in [1.82, 2.24) is 14.9 Å². The molecule has 0 aliphatic heterocycles. The number of carbonyl (C=O) groups is 1. The molecule has 0 fully saturated rings. The summed E-state index contributed by atoms with van der Waals surface area (Å²) in [7, 11) is 0. The third-order valence-corrected chi connectivity index (χ3v) is 5.35. The number of anilines is 1. The van der Waals surface area contributed by atoms with E-state index in [1.165, 1.54) is 28.9 Å². The monoisotopic (exact) mass is 458 g/mol. The fourth-order valence-electron chi connectivity index (χ4n) is 2.85. The molecule has 2 N–H and O–H groups in total. The normalized spacial score (nSPS) is 10.7. The quantitative estimate of drug-likeness (QED) is 0.385. The number of carbonyl (C=O) groups excluding carboxylic acids is 1. The van der Waals surface area contributed by atoms with Crippen LogP contribution in [0.1, 0.15) is 12.0 Å². The van der Waals surface area contributed by atoms with Crippen molar-refractivity contribution in [2.75, 3.05) is 23.0 Å². The van der Waals surface area contributed by atoms with Crippen LogP contribution < -0.4 is 15.5 Å². The average Bonchev–Trinajstić information content (AvgIpc) is 3.14. The lowest BCUT2D eigenvalue weighted by Crippen LogP contribution is -2.33. The van der Waals surface area contributed by atoms with Crippen LogP contribution >= 0.6 is 11.8 Å². The zero-order valence-corrected chi connectivity index (χ0v) is 17.9. The van der Waals surface area contributed by atoms with Crippen LogP contribution in [0.25, 0.3) is 11.4 Å². The minimum atomic E-state index is -2.91. The number of hydrogen-bond donors (Lipinski definition) is 1. The van der Waals surface area contributed by atoms with Crippen molar-refractivity contribution in [2.24, 2.45) is 0 Å². The second-order valence-corrected chi connectivity index (χ2v) is 7.60. The van der Waals surface area contributed by atoms with E-state index in [4.69, 9.17) is 11.1 Å². The summed E-state index contributed by atoms with van der Waals surface area (Å²) in [5.74, 6) is 6.24. The number of nitrogen functional groups attached to an aromatic ring is 1. The van der Waals surface area contributed by atoms with E-state index >= 15 is 0 Å². The highest BCUT2D eigenvalue weighted by molar-refractivity contribution is 7.99. The minimum Gasteiger partial charge on any atom is -0.435 e. The first kappa shape index (κ1) is 23.0. The number of benzene rings is 2. The van der Waals surface area contributed by atoms with Crippen LogP contribution in [0.4, 0.5) is 14.5 Å². The smallest absolute Gasteiger partial charge is 0.387 e. The molecule has 0 atom stereocenters. The summed E-state index contributed by atoms with van der Waals surface area (Å²) < 4.78 is 30.1. The van der Waals surface area contributed by atoms with E-state index in [0.29, 0.717) is 22.2 Å². The molecule has 32 heavy (non-hydrogen) atoms. The van der Waals surface area contributed by atoms with Crippen LogP contribution in [0.2, 0.25) is 0 Å². The molecule has 1 amide bonds. The summed E-state index contributed by atoms with van der Waals surface area (Å²) >= 11 is 1.11. The molecule has 2 aromatic carbocycles. The van der Waals surface area contributed by atoms with E-state index in [9.17, 15) is 13.6 Å². The number of aryl methyl sites for hydroxylation is 1. The molecule has 0 spiro atoms. The summed E-state index contributed by atoms with van der Waals surface area (Å²) in [6.07, 6.45) is 0.201. The number of alkyl halides is 2. The number of nitrogens with zero attached hydrogens (tertiary/aromatic N) is 5. The Morgan fingerprint density at radius 1 is 1.22 bits per heavy atom. The second-order valence-electron chi connectivity index (χ2n) is 6.66. The number of hydrogen-bond acceptors (Lipinski definition) is 7. The van der Waals surface area contributed by atoms with Gasteiger partial charge in [0.05, 0.1) is 18.2 Å². The summed E-state index contributed by atoms with van der Waals surface area (Å²) in [4.78, 5) is 14.4. The van der Waals surface area contributed by atoms with Crippen LogP contribution in [-0.4, -0.2) is 39.7 Å². The molecular weight excluding hydrogens is 438 g/mol. The molecule has 1 aromatic heterocycles. The van der Waals surface area contributed by atoms with Crippen LogP contribution in [-0.2, 0) is 4.79 Å². The number of aromatic nitrogens is 3. The fourth-order valence-corrected chi connectivity index (χ4v) is 3.58. The van der Waals surface area contributed by atoms with Gasteiger partial charge in [-0.1, -0.05) is 29.5 Å². The average molecular weight is 458 g/mol. The highest BCUT2D eigenvalue weighted by Crippen LogP contribution is 2.25. The van der Waals surface area contributed by atoms with Crippen LogP contribution in [0.5, 0.6) is 5.75 Å². The topological polar surface area (TPSA) is 110 Å². The predicted octanol–water partition coefficient (Wildman–Crippen LogP) is 3.61. The molecule has 8 nitrogen and oxygen atoms in total. The summed E-state index contributed by atoms with van der Waals surface area (Å²) in [5, 5.41) is 17.3. The lowest BCUT2D eigenvalue weighted by Gasteiger charge is -2.21. The van der Waals surface area contributed by atoms with Gasteiger partial charge in [-0.05, 0) is 43.3 Å². The fraction of sp³-hybridized carbons (Fsp3) is 0.238. The molecular formula is C21H20F2N6O2S. The third-order valence-electron chi connectivity index (χ3n) is 4.42. The number of nitrogens with two attached hydrogens (primary N) is 1. The van der Waals surface area contributed by atoms with Crippen molar-refractivity contribution in [3.05, 3.63) is 54.1 Å². The van der Waals surface area contributed by atoms with E-state index in [-0.39, 0.29) is 30.4 Å². The number of thioether (sulfide) groups is 1. The highest BCUT2D eigenvalue weighted by atomic mass is 32.2. The maximum absolute atomic E-state index is 12.8. The largest absolute Gasteiger partial charge is 0.435 e. The first-order chi connectivity index (χ1) is 15.4. The van der Waals surface area contributed by atoms with Crippen molar-refractivity contribution in [1.29, 1.82) is 5.26 Å².